The molecule has 2 aliphatic heterocycles. The lowest BCUT2D eigenvalue weighted by atomic mass is 9.86. The summed E-state index contributed by atoms with van der Waals surface area (Å²) in [5.41, 5.74) is 2.75. The standard InChI is InChI=1S/C25H28N4O3/c30-23(11-15-28-19-26-21-8-4-5-9-22(21)28)27-16-13-25(14-17-27)12-10-24(31)29(25)32-18-20-6-2-1-3-7-20/h1-9,19H,10-18H2. The molecule has 1 aromatic heterocycles. The highest BCUT2D eigenvalue weighted by molar-refractivity contribution is 5.79. The number of aryl methyl sites for hydroxylation is 1. The molecule has 2 amide bonds. The quantitative estimate of drug-likeness (QED) is 0.598. The van der Waals surface area contributed by atoms with Gasteiger partial charge in [-0.2, -0.15) is 0 Å². The van der Waals surface area contributed by atoms with Crippen LogP contribution in [0.25, 0.3) is 11.0 Å². The van der Waals surface area contributed by atoms with Crippen LogP contribution in [0.1, 0.15) is 37.7 Å². The van der Waals surface area contributed by atoms with Crippen LogP contribution in [0.15, 0.2) is 60.9 Å². The SMILES string of the molecule is O=C(CCn1cnc2ccccc21)N1CCC2(CCC(=O)N2OCc2ccccc2)CC1. The van der Waals surface area contributed by atoms with Gasteiger partial charge in [0.15, 0.2) is 0 Å². The smallest absolute Gasteiger partial charge is 0.246 e. The van der Waals surface area contributed by atoms with E-state index < -0.39 is 0 Å². The number of hydroxylamine groups is 2. The van der Waals surface area contributed by atoms with Crippen molar-refractivity contribution >= 4 is 22.8 Å². The predicted molar refractivity (Wildman–Crippen MR) is 120 cm³/mol. The highest BCUT2D eigenvalue weighted by Crippen LogP contribution is 2.39. The third kappa shape index (κ3) is 4.00. The number of rotatable bonds is 6. The van der Waals surface area contributed by atoms with Crippen molar-refractivity contribution in [1.29, 1.82) is 0 Å². The third-order valence-electron chi connectivity index (χ3n) is 6.81. The number of hydrogen-bond donors (Lipinski definition) is 0. The van der Waals surface area contributed by atoms with Crippen LogP contribution in [0.2, 0.25) is 0 Å². The summed E-state index contributed by atoms with van der Waals surface area (Å²) in [4.78, 5) is 37.7. The first-order valence-electron chi connectivity index (χ1n) is 11.3. The maximum Gasteiger partial charge on any atom is 0.246 e. The lowest BCUT2D eigenvalue weighted by Gasteiger charge is -2.43. The number of piperidine rings is 1. The minimum Gasteiger partial charge on any atom is -0.342 e. The summed E-state index contributed by atoms with van der Waals surface area (Å²) in [7, 11) is 0. The fourth-order valence-electron chi connectivity index (χ4n) is 4.92. The van der Waals surface area contributed by atoms with Crippen molar-refractivity contribution in [2.75, 3.05) is 13.1 Å². The molecule has 7 heteroatoms. The summed E-state index contributed by atoms with van der Waals surface area (Å²) in [6.45, 7) is 2.31. The van der Waals surface area contributed by atoms with Crippen LogP contribution >= 0.6 is 0 Å². The van der Waals surface area contributed by atoms with Gasteiger partial charge in [0.25, 0.3) is 0 Å². The zero-order chi connectivity index (χ0) is 22.0. The second-order valence-electron chi connectivity index (χ2n) is 8.73. The summed E-state index contributed by atoms with van der Waals surface area (Å²) >= 11 is 0. The molecule has 7 nitrogen and oxygen atoms in total. The maximum absolute atomic E-state index is 12.9. The summed E-state index contributed by atoms with van der Waals surface area (Å²) in [6.07, 6.45) is 5.07. The predicted octanol–water partition coefficient (Wildman–Crippen LogP) is 3.54. The van der Waals surface area contributed by atoms with Crippen molar-refractivity contribution in [3.05, 3.63) is 66.5 Å². The van der Waals surface area contributed by atoms with Crippen molar-refractivity contribution in [1.82, 2.24) is 19.5 Å². The molecule has 0 unspecified atom stereocenters. The number of benzene rings is 2. The number of likely N-dealkylation sites (tertiary alicyclic amines) is 1. The van der Waals surface area contributed by atoms with Crippen molar-refractivity contribution < 1.29 is 14.4 Å². The molecule has 3 heterocycles. The molecule has 32 heavy (non-hydrogen) atoms. The Bertz CT molecular complexity index is 1100. The van der Waals surface area contributed by atoms with Crippen molar-refractivity contribution in [2.24, 2.45) is 0 Å². The van der Waals surface area contributed by atoms with Gasteiger partial charge in [-0.3, -0.25) is 14.4 Å². The van der Waals surface area contributed by atoms with E-state index in [9.17, 15) is 9.59 Å². The Morgan fingerprint density at radius 3 is 2.56 bits per heavy atom. The van der Waals surface area contributed by atoms with Gasteiger partial charge in [-0.25, -0.2) is 10.0 Å². The number of carbonyl (C=O) groups excluding carboxylic acids is 2. The topological polar surface area (TPSA) is 67.7 Å². The second-order valence-corrected chi connectivity index (χ2v) is 8.73. The first-order valence-corrected chi connectivity index (χ1v) is 11.3. The van der Waals surface area contributed by atoms with E-state index in [1.807, 2.05) is 64.1 Å². The van der Waals surface area contributed by atoms with Crippen LogP contribution in [-0.4, -0.2) is 50.0 Å². The first kappa shape index (κ1) is 20.7. The number of aromatic nitrogens is 2. The fourth-order valence-corrected chi connectivity index (χ4v) is 4.92. The minimum atomic E-state index is -0.288. The molecule has 3 aromatic rings. The van der Waals surface area contributed by atoms with E-state index in [4.69, 9.17) is 4.84 Å². The molecule has 2 aromatic carbocycles. The molecule has 1 spiro atoms. The van der Waals surface area contributed by atoms with Gasteiger partial charge < -0.3 is 9.47 Å². The van der Waals surface area contributed by atoms with E-state index in [1.165, 1.54) is 0 Å². The van der Waals surface area contributed by atoms with E-state index in [1.54, 1.807) is 11.4 Å². The van der Waals surface area contributed by atoms with Gasteiger partial charge in [-0.05, 0) is 37.0 Å². The molecule has 2 saturated heterocycles. The summed E-state index contributed by atoms with van der Waals surface area (Å²) < 4.78 is 2.04. The number of para-hydroxylation sites is 2. The van der Waals surface area contributed by atoms with Gasteiger partial charge in [-0.1, -0.05) is 42.5 Å². The molecule has 2 fully saturated rings. The normalized spacial score (nSPS) is 18.1. The highest BCUT2D eigenvalue weighted by Gasteiger charge is 2.48. The number of hydrogen-bond acceptors (Lipinski definition) is 4. The fraction of sp³-hybridized carbons (Fsp3) is 0.400. The van der Waals surface area contributed by atoms with Crippen LogP contribution in [0.4, 0.5) is 0 Å². The molecule has 166 valence electrons. The maximum atomic E-state index is 12.9. The third-order valence-corrected chi connectivity index (χ3v) is 6.81. The first-order chi connectivity index (χ1) is 15.6. The van der Waals surface area contributed by atoms with E-state index in [0.29, 0.717) is 39.1 Å². The van der Waals surface area contributed by atoms with E-state index in [0.717, 1.165) is 35.9 Å². The Balaban J connectivity index is 1.17. The van der Waals surface area contributed by atoms with Crippen LogP contribution in [-0.2, 0) is 27.6 Å². The summed E-state index contributed by atoms with van der Waals surface area (Å²) in [5.74, 6) is 0.200. The molecule has 5 rings (SSSR count). The zero-order valence-electron chi connectivity index (χ0n) is 18.2. The molecule has 0 aliphatic carbocycles. The Hall–Kier alpha value is -3.19. The van der Waals surface area contributed by atoms with Gasteiger partial charge in [-0.15, -0.1) is 0 Å². The molecular formula is C25H28N4O3. The number of amides is 2. The molecule has 0 saturated carbocycles. The highest BCUT2D eigenvalue weighted by atomic mass is 16.7. The lowest BCUT2D eigenvalue weighted by molar-refractivity contribution is -0.222. The number of imidazole rings is 1. The van der Waals surface area contributed by atoms with E-state index >= 15 is 0 Å². The van der Waals surface area contributed by atoms with Crippen molar-refractivity contribution in [3.8, 4) is 0 Å². The van der Waals surface area contributed by atoms with Crippen LogP contribution in [0, 0.1) is 0 Å². The van der Waals surface area contributed by atoms with Crippen molar-refractivity contribution in [3.63, 3.8) is 0 Å². The molecular weight excluding hydrogens is 404 g/mol. The Morgan fingerprint density at radius 2 is 1.75 bits per heavy atom. The van der Waals surface area contributed by atoms with Crippen LogP contribution in [0.5, 0.6) is 0 Å². The summed E-state index contributed by atoms with van der Waals surface area (Å²) in [6, 6.07) is 17.9. The largest absolute Gasteiger partial charge is 0.342 e. The monoisotopic (exact) mass is 432 g/mol. The Kier molecular flexibility index (Phi) is 5.66. The van der Waals surface area contributed by atoms with E-state index in [-0.39, 0.29) is 17.4 Å². The zero-order valence-corrected chi connectivity index (χ0v) is 18.2. The van der Waals surface area contributed by atoms with Crippen LogP contribution in [0.3, 0.4) is 0 Å². The van der Waals surface area contributed by atoms with Crippen molar-refractivity contribution in [2.45, 2.75) is 50.8 Å². The van der Waals surface area contributed by atoms with Crippen LogP contribution < -0.4 is 0 Å². The number of fused-ring (bicyclic) bond motifs is 1. The molecule has 0 radical (unpaired) electrons. The van der Waals surface area contributed by atoms with Gasteiger partial charge in [0.1, 0.15) is 6.61 Å². The second kappa shape index (κ2) is 8.74. The molecule has 0 bridgehead atoms. The number of nitrogens with zero attached hydrogens (tertiary/aromatic N) is 4. The lowest BCUT2D eigenvalue weighted by Crippen LogP contribution is -2.54. The van der Waals surface area contributed by atoms with Gasteiger partial charge in [0, 0.05) is 32.5 Å². The minimum absolute atomic E-state index is 0.0488. The summed E-state index contributed by atoms with van der Waals surface area (Å²) in [5, 5.41) is 1.62. The Labute approximate surface area is 187 Å². The molecule has 0 atom stereocenters. The molecule has 0 N–H and O–H groups in total. The van der Waals surface area contributed by atoms with Gasteiger partial charge >= 0.3 is 0 Å². The van der Waals surface area contributed by atoms with E-state index in [2.05, 4.69) is 4.98 Å². The average Bonchev–Trinajstić information content (AvgIpc) is 3.38. The van der Waals surface area contributed by atoms with Gasteiger partial charge in [0.05, 0.1) is 22.9 Å². The van der Waals surface area contributed by atoms with Gasteiger partial charge in [0.2, 0.25) is 11.8 Å². The molecule has 2 aliphatic rings. The number of carbonyl (C=O) groups is 2. The Morgan fingerprint density at radius 1 is 1.00 bits per heavy atom. The average molecular weight is 433 g/mol.